The van der Waals surface area contributed by atoms with Gasteiger partial charge in [0.2, 0.25) is 0 Å². The van der Waals surface area contributed by atoms with Crippen LogP contribution in [0.25, 0.3) is 10.6 Å². The fourth-order valence-corrected chi connectivity index (χ4v) is 2.18. The van der Waals surface area contributed by atoms with Crippen LogP contribution in [0.15, 0.2) is 30.5 Å². The van der Waals surface area contributed by atoms with Crippen molar-refractivity contribution in [3.63, 3.8) is 0 Å². The summed E-state index contributed by atoms with van der Waals surface area (Å²) in [6.45, 7) is 1.97. The number of amides is 1. The molecule has 0 aliphatic rings. The summed E-state index contributed by atoms with van der Waals surface area (Å²) in [6.07, 6.45) is 0.707. The number of para-hydroxylation sites is 1. The molecule has 1 heterocycles. The van der Waals surface area contributed by atoms with Crippen molar-refractivity contribution >= 4 is 23.1 Å². The predicted octanol–water partition coefficient (Wildman–Crippen LogP) is 3.21. The number of hydrogen-bond acceptors (Lipinski definition) is 3. The summed E-state index contributed by atoms with van der Waals surface area (Å²) >= 11 is 1.54. The Morgan fingerprint density at radius 1 is 1.44 bits per heavy atom. The third-order valence-electron chi connectivity index (χ3n) is 2.02. The average molecular weight is 234 g/mol. The van der Waals surface area contributed by atoms with E-state index in [1.165, 1.54) is 11.3 Å². The number of nitrogens with zero attached hydrogens (tertiary/aromatic N) is 1. The fourth-order valence-electron chi connectivity index (χ4n) is 1.37. The Hall–Kier alpha value is -1.88. The van der Waals surface area contributed by atoms with Gasteiger partial charge >= 0.3 is 6.09 Å². The molecule has 5 heteroatoms. The molecular weight excluding hydrogens is 224 g/mol. The molecular formula is C11H10N2O2S. The normalized spacial score (nSPS) is 10.1. The second kappa shape index (κ2) is 4.32. The summed E-state index contributed by atoms with van der Waals surface area (Å²) in [5.41, 5.74) is 1.37. The minimum absolute atomic E-state index is 0.560. The van der Waals surface area contributed by atoms with E-state index in [1.54, 1.807) is 18.3 Å². The van der Waals surface area contributed by atoms with Crippen molar-refractivity contribution in [1.29, 1.82) is 0 Å². The SMILES string of the molecule is Cc1cnc(-c2ccccc2NC(=O)O)s1. The lowest BCUT2D eigenvalue weighted by Gasteiger charge is -2.05. The highest BCUT2D eigenvalue weighted by Crippen LogP contribution is 2.30. The summed E-state index contributed by atoms with van der Waals surface area (Å²) < 4.78 is 0. The van der Waals surface area contributed by atoms with Gasteiger partial charge in [-0.25, -0.2) is 9.78 Å². The number of benzene rings is 1. The minimum Gasteiger partial charge on any atom is -0.465 e. The smallest absolute Gasteiger partial charge is 0.409 e. The van der Waals surface area contributed by atoms with E-state index in [4.69, 9.17) is 5.11 Å². The highest BCUT2D eigenvalue weighted by molar-refractivity contribution is 7.15. The van der Waals surface area contributed by atoms with Crippen LogP contribution >= 0.6 is 11.3 Å². The third kappa shape index (κ3) is 2.20. The molecule has 16 heavy (non-hydrogen) atoms. The van der Waals surface area contributed by atoms with Crippen LogP contribution in [0.3, 0.4) is 0 Å². The number of hydrogen-bond donors (Lipinski definition) is 2. The Labute approximate surface area is 96.6 Å². The lowest BCUT2D eigenvalue weighted by Crippen LogP contribution is -2.07. The van der Waals surface area contributed by atoms with E-state index in [-0.39, 0.29) is 0 Å². The van der Waals surface area contributed by atoms with Gasteiger partial charge in [0.15, 0.2) is 0 Å². The van der Waals surface area contributed by atoms with Crippen molar-refractivity contribution in [3.8, 4) is 10.6 Å². The maximum absolute atomic E-state index is 10.6. The highest BCUT2D eigenvalue weighted by atomic mass is 32.1. The zero-order valence-electron chi connectivity index (χ0n) is 8.60. The molecule has 2 aromatic rings. The first-order valence-electron chi connectivity index (χ1n) is 4.68. The number of thiazole rings is 1. The number of rotatable bonds is 2. The van der Waals surface area contributed by atoms with Crippen molar-refractivity contribution in [2.24, 2.45) is 0 Å². The maximum atomic E-state index is 10.6. The number of carboxylic acid groups (broad SMARTS) is 1. The summed E-state index contributed by atoms with van der Waals surface area (Å²) in [5, 5.41) is 11.9. The van der Waals surface area contributed by atoms with Crippen LogP contribution in [-0.4, -0.2) is 16.2 Å². The molecule has 0 unspecified atom stereocenters. The van der Waals surface area contributed by atoms with E-state index < -0.39 is 6.09 Å². The lowest BCUT2D eigenvalue weighted by molar-refractivity contribution is 0.210. The molecule has 0 saturated heterocycles. The average Bonchev–Trinajstić information content (AvgIpc) is 2.65. The highest BCUT2D eigenvalue weighted by Gasteiger charge is 2.09. The molecule has 2 rings (SSSR count). The third-order valence-corrected chi connectivity index (χ3v) is 2.97. The monoisotopic (exact) mass is 234 g/mol. The summed E-state index contributed by atoms with van der Waals surface area (Å²) in [4.78, 5) is 16.0. The second-order valence-electron chi connectivity index (χ2n) is 3.25. The van der Waals surface area contributed by atoms with Gasteiger partial charge in [0.25, 0.3) is 0 Å². The standard InChI is InChI=1S/C11H10N2O2S/c1-7-6-12-10(16-7)8-4-2-3-5-9(8)13-11(14)15/h2-6,13H,1H3,(H,14,15). The molecule has 1 aromatic heterocycles. The van der Waals surface area contributed by atoms with Crippen LogP contribution in [0.2, 0.25) is 0 Å². The fraction of sp³-hybridized carbons (Fsp3) is 0.0909. The van der Waals surface area contributed by atoms with Gasteiger partial charge in [0, 0.05) is 16.6 Å². The van der Waals surface area contributed by atoms with Crippen LogP contribution in [0, 0.1) is 6.92 Å². The largest absolute Gasteiger partial charge is 0.465 e. The molecule has 4 nitrogen and oxygen atoms in total. The number of nitrogens with one attached hydrogen (secondary N) is 1. The molecule has 0 saturated carbocycles. The van der Waals surface area contributed by atoms with Crippen molar-refractivity contribution in [2.75, 3.05) is 5.32 Å². The zero-order valence-corrected chi connectivity index (χ0v) is 9.41. The van der Waals surface area contributed by atoms with Gasteiger partial charge in [0.1, 0.15) is 5.01 Å². The van der Waals surface area contributed by atoms with E-state index in [0.29, 0.717) is 5.69 Å². The van der Waals surface area contributed by atoms with Crippen LogP contribution in [0.1, 0.15) is 4.88 Å². The molecule has 82 valence electrons. The number of anilines is 1. The molecule has 1 amide bonds. The quantitative estimate of drug-likeness (QED) is 0.838. The van der Waals surface area contributed by atoms with Gasteiger partial charge in [-0.2, -0.15) is 0 Å². The van der Waals surface area contributed by atoms with Gasteiger partial charge in [-0.05, 0) is 19.1 Å². The molecule has 2 N–H and O–H groups in total. The number of aromatic nitrogens is 1. The van der Waals surface area contributed by atoms with E-state index in [0.717, 1.165) is 15.4 Å². The van der Waals surface area contributed by atoms with E-state index in [9.17, 15) is 4.79 Å². The topological polar surface area (TPSA) is 62.2 Å². The summed E-state index contributed by atoms with van der Waals surface area (Å²) in [5.74, 6) is 0. The van der Waals surface area contributed by atoms with E-state index in [2.05, 4.69) is 10.3 Å². The summed E-state index contributed by atoms with van der Waals surface area (Å²) in [6, 6.07) is 7.22. The first kappa shape index (κ1) is 10.6. The van der Waals surface area contributed by atoms with E-state index in [1.807, 2.05) is 19.1 Å². The van der Waals surface area contributed by atoms with Gasteiger partial charge < -0.3 is 5.11 Å². The van der Waals surface area contributed by atoms with Crippen LogP contribution in [-0.2, 0) is 0 Å². The van der Waals surface area contributed by atoms with Crippen molar-refractivity contribution < 1.29 is 9.90 Å². The Kier molecular flexibility index (Phi) is 2.87. The van der Waals surface area contributed by atoms with Gasteiger partial charge in [-0.3, -0.25) is 5.32 Å². The summed E-state index contributed by atoms with van der Waals surface area (Å²) in [7, 11) is 0. The maximum Gasteiger partial charge on any atom is 0.409 e. The van der Waals surface area contributed by atoms with Gasteiger partial charge in [-0.1, -0.05) is 12.1 Å². The van der Waals surface area contributed by atoms with Gasteiger partial charge in [0.05, 0.1) is 5.69 Å². The molecule has 0 spiro atoms. The molecule has 0 bridgehead atoms. The Balaban J connectivity index is 2.43. The first-order chi connectivity index (χ1) is 7.66. The first-order valence-corrected chi connectivity index (χ1v) is 5.50. The van der Waals surface area contributed by atoms with Gasteiger partial charge in [-0.15, -0.1) is 11.3 Å². The Morgan fingerprint density at radius 2 is 2.19 bits per heavy atom. The Bertz CT molecular complexity index is 522. The lowest BCUT2D eigenvalue weighted by atomic mass is 10.2. The zero-order chi connectivity index (χ0) is 11.5. The van der Waals surface area contributed by atoms with Crippen molar-refractivity contribution in [1.82, 2.24) is 4.98 Å². The number of carbonyl (C=O) groups is 1. The van der Waals surface area contributed by atoms with Crippen molar-refractivity contribution in [3.05, 3.63) is 35.3 Å². The molecule has 1 aromatic carbocycles. The molecule has 0 fully saturated rings. The van der Waals surface area contributed by atoms with Crippen LogP contribution in [0.5, 0.6) is 0 Å². The van der Waals surface area contributed by atoms with Crippen LogP contribution in [0.4, 0.5) is 10.5 Å². The molecule has 0 aliphatic carbocycles. The molecule has 0 radical (unpaired) electrons. The second-order valence-corrected chi connectivity index (χ2v) is 4.49. The number of aryl methyl sites for hydroxylation is 1. The van der Waals surface area contributed by atoms with Crippen LogP contribution < -0.4 is 5.32 Å². The molecule has 0 atom stereocenters. The Morgan fingerprint density at radius 3 is 2.81 bits per heavy atom. The van der Waals surface area contributed by atoms with Crippen molar-refractivity contribution in [2.45, 2.75) is 6.92 Å². The molecule has 0 aliphatic heterocycles. The predicted molar refractivity (Wildman–Crippen MR) is 63.9 cm³/mol. The minimum atomic E-state index is -1.07. The van der Waals surface area contributed by atoms with E-state index >= 15 is 0 Å².